The molecule has 2 aromatic carbocycles. The zero-order valence-electron chi connectivity index (χ0n) is 29.6. The van der Waals surface area contributed by atoms with Crippen LogP contribution in [0.15, 0.2) is 36.4 Å². The summed E-state index contributed by atoms with van der Waals surface area (Å²) in [5.41, 5.74) is -1.74. The van der Waals surface area contributed by atoms with E-state index >= 15 is 8.78 Å². The maximum atomic E-state index is 16.4. The number of alkyl halides is 1. The van der Waals surface area contributed by atoms with Crippen molar-refractivity contribution >= 4 is 18.0 Å². The van der Waals surface area contributed by atoms with E-state index < -0.39 is 34.2 Å². The fourth-order valence-electron chi connectivity index (χ4n) is 8.01. The first-order chi connectivity index (χ1) is 23.0. The smallest absolute Gasteiger partial charge is 0.410 e. The molecule has 1 spiro atoms. The molecule has 10 heteroatoms. The van der Waals surface area contributed by atoms with Crippen LogP contribution in [-0.2, 0) is 24.5 Å². The van der Waals surface area contributed by atoms with E-state index in [1.807, 2.05) is 24.3 Å². The Kier molecular flexibility index (Phi) is 9.24. The summed E-state index contributed by atoms with van der Waals surface area (Å²) in [6, 6.07) is 10.4. The molecule has 1 heterocycles. The number of hydrogen-bond donors (Lipinski definition) is 1. The Balaban J connectivity index is 1.20. The molecular weight excluding hydrogens is 630 g/mol. The predicted octanol–water partition coefficient (Wildman–Crippen LogP) is 7.90. The summed E-state index contributed by atoms with van der Waals surface area (Å²) in [5.74, 6) is -0.664. The monoisotopic (exact) mass is 680 g/mol. The van der Waals surface area contributed by atoms with Crippen molar-refractivity contribution in [2.24, 2.45) is 0 Å². The van der Waals surface area contributed by atoms with E-state index in [9.17, 15) is 14.4 Å². The summed E-state index contributed by atoms with van der Waals surface area (Å²) in [5, 5.41) is 2.94. The number of hydrogen-bond acceptors (Lipinski definition) is 6. The van der Waals surface area contributed by atoms with E-state index in [1.165, 1.54) is 18.1 Å². The molecule has 8 nitrogen and oxygen atoms in total. The van der Waals surface area contributed by atoms with E-state index in [0.29, 0.717) is 49.0 Å². The van der Waals surface area contributed by atoms with Crippen molar-refractivity contribution in [1.82, 2.24) is 10.2 Å². The average Bonchev–Trinajstić information content (AvgIpc) is 3.58. The minimum absolute atomic E-state index is 0.0354. The molecule has 1 N–H and O–H groups in total. The molecule has 4 fully saturated rings. The van der Waals surface area contributed by atoms with Gasteiger partial charge in [-0.3, -0.25) is 14.5 Å². The first kappa shape index (κ1) is 35.1. The second kappa shape index (κ2) is 12.9. The molecule has 49 heavy (non-hydrogen) atoms. The lowest BCUT2D eigenvalue weighted by Crippen LogP contribution is -2.53. The van der Waals surface area contributed by atoms with Crippen molar-refractivity contribution in [2.45, 2.75) is 139 Å². The molecule has 3 saturated carbocycles. The molecule has 0 unspecified atom stereocenters. The number of amides is 2. The Bertz CT molecular complexity index is 1610. The number of benzene rings is 2. The minimum atomic E-state index is -2.21. The summed E-state index contributed by atoms with van der Waals surface area (Å²) < 4.78 is 49.1. The van der Waals surface area contributed by atoms with Crippen molar-refractivity contribution < 1.29 is 37.4 Å². The number of likely N-dealkylation sites (tertiary alicyclic amines) is 1. The molecule has 0 radical (unpaired) electrons. The van der Waals surface area contributed by atoms with Gasteiger partial charge in [-0.15, -0.1) is 0 Å². The number of halogens is 2. The van der Waals surface area contributed by atoms with Crippen molar-refractivity contribution in [1.29, 1.82) is 0 Å². The molecular formula is C39H50F2N2O6. The van der Waals surface area contributed by atoms with Crippen LogP contribution in [0, 0.1) is 5.82 Å². The maximum absolute atomic E-state index is 16.4. The first-order valence-corrected chi connectivity index (χ1v) is 17.7. The van der Waals surface area contributed by atoms with Crippen molar-refractivity contribution in [3.63, 3.8) is 0 Å². The van der Waals surface area contributed by atoms with Crippen molar-refractivity contribution in [3.05, 3.63) is 53.3 Å². The zero-order valence-corrected chi connectivity index (χ0v) is 29.6. The first-order valence-electron chi connectivity index (χ1n) is 17.7. The maximum Gasteiger partial charge on any atom is 0.410 e. The summed E-state index contributed by atoms with van der Waals surface area (Å²) in [4.78, 5) is 40.7. The number of rotatable bonds is 8. The Morgan fingerprint density at radius 3 is 2.31 bits per heavy atom. The molecule has 2 aromatic rings. The van der Waals surface area contributed by atoms with Gasteiger partial charge in [0.25, 0.3) is 5.91 Å². The molecule has 4 aliphatic rings. The normalized spacial score (nSPS) is 25.0. The van der Waals surface area contributed by atoms with Crippen LogP contribution in [0.1, 0.15) is 116 Å². The van der Waals surface area contributed by atoms with Crippen molar-refractivity contribution in [2.75, 3.05) is 13.7 Å². The third kappa shape index (κ3) is 6.76. The van der Waals surface area contributed by atoms with Crippen LogP contribution >= 0.6 is 0 Å². The molecule has 0 aromatic heterocycles. The Hall–Kier alpha value is -3.69. The second-order valence-corrected chi connectivity index (χ2v) is 16.2. The lowest BCUT2D eigenvalue weighted by atomic mass is 9.73. The molecule has 0 bridgehead atoms. The zero-order chi connectivity index (χ0) is 35.4. The summed E-state index contributed by atoms with van der Waals surface area (Å²) in [6.45, 7) is 8.58. The van der Waals surface area contributed by atoms with Gasteiger partial charge in [0.1, 0.15) is 23.3 Å². The molecule has 1 aliphatic heterocycles. The highest BCUT2D eigenvalue weighted by molar-refractivity contribution is 5.88. The number of carbonyl (C=O) groups is 3. The van der Waals surface area contributed by atoms with Crippen molar-refractivity contribution in [3.8, 4) is 16.9 Å². The molecule has 266 valence electrons. The third-order valence-electron chi connectivity index (χ3n) is 11.2. The molecule has 3 atom stereocenters. The van der Waals surface area contributed by atoms with Gasteiger partial charge in [-0.2, -0.15) is 0 Å². The lowest BCUT2D eigenvalue weighted by molar-refractivity contribution is -0.146. The van der Waals surface area contributed by atoms with E-state index in [1.54, 1.807) is 40.7 Å². The number of esters is 1. The Morgan fingerprint density at radius 1 is 0.959 bits per heavy atom. The van der Waals surface area contributed by atoms with Gasteiger partial charge in [-0.25, -0.2) is 13.6 Å². The van der Waals surface area contributed by atoms with Gasteiger partial charge in [-0.1, -0.05) is 24.6 Å². The third-order valence-corrected chi connectivity index (χ3v) is 11.2. The van der Waals surface area contributed by atoms with Crippen LogP contribution < -0.4 is 10.1 Å². The van der Waals surface area contributed by atoms with Gasteiger partial charge in [0.05, 0.1) is 24.6 Å². The van der Waals surface area contributed by atoms with Gasteiger partial charge in [-0.05, 0) is 120 Å². The molecule has 2 amide bonds. The summed E-state index contributed by atoms with van der Waals surface area (Å²) in [7, 11) is 1.36. The Morgan fingerprint density at radius 2 is 1.69 bits per heavy atom. The van der Waals surface area contributed by atoms with Crippen LogP contribution in [-0.4, -0.2) is 65.5 Å². The fraction of sp³-hybridized carbons (Fsp3) is 0.615. The van der Waals surface area contributed by atoms with Gasteiger partial charge in [0.2, 0.25) is 5.67 Å². The van der Waals surface area contributed by atoms with Gasteiger partial charge in [0.15, 0.2) is 0 Å². The van der Waals surface area contributed by atoms with Gasteiger partial charge >= 0.3 is 12.1 Å². The fourth-order valence-corrected chi connectivity index (χ4v) is 8.01. The quantitative estimate of drug-likeness (QED) is 0.285. The number of ether oxygens (including phenoxy) is 3. The largest absolute Gasteiger partial charge is 0.490 e. The molecule has 6 rings (SSSR count). The molecule has 1 saturated heterocycles. The number of methoxy groups -OCH3 is 1. The van der Waals surface area contributed by atoms with E-state index in [4.69, 9.17) is 14.2 Å². The molecule has 3 aliphatic carbocycles. The Labute approximate surface area is 288 Å². The highest BCUT2D eigenvalue weighted by Gasteiger charge is 2.62. The summed E-state index contributed by atoms with van der Waals surface area (Å²) >= 11 is 0. The topological polar surface area (TPSA) is 94.2 Å². The summed E-state index contributed by atoms with van der Waals surface area (Å²) in [6.07, 6.45) is 5.85. The van der Waals surface area contributed by atoms with Crippen LogP contribution in [0.4, 0.5) is 13.6 Å². The standard InChI is InChI=1S/C39H50F2N2O6/c1-36(2,3)49-35(46)43-23-39(41,22-38(43)18-9-19-38)33(44)42-26-15-16-27(21-26)48-31-17-14-25(37(4,5)34(45)47-6)20-29(31)28-12-8-13-30(40)32(28)24-10-7-11-24/h8,12-14,17,20,24,26-27H,7,9-11,15-16,18-19,21-23H2,1-6H3,(H,42,44)/t26-,27-,39+/m1/s1. The number of nitrogens with zero attached hydrogens (tertiary/aromatic N) is 1. The van der Waals surface area contributed by atoms with E-state index in [2.05, 4.69) is 5.32 Å². The highest BCUT2D eigenvalue weighted by Crippen LogP contribution is 2.51. The number of carbonyl (C=O) groups excluding carboxylic acids is 3. The van der Waals surface area contributed by atoms with Crippen LogP contribution in [0.25, 0.3) is 11.1 Å². The predicted molar refractivity (Wildman–Crippen MR) is 182 cm³/mol. The van der Waals surface area contributed by atoms with E-state index in [-0.39, 0.29) is 42.8 Å². The second-order valence-electron chi connectivity index (χ2n) is 16.2. The van der Waals surface area contributed by atoms with Crippen LogP contribution in [0.2, 0.25) is 0 Å². The van der Waals surface area contributed by atoms with Gasteiger partial charge < -0.3 is 19.5 Å². The highest BCUT2D eigenvalue weighted by atomic mass is 19.1. The average molecular weight is 681 g/mol. The van der Waals surface area contributed by atoms with Crippen LogP contribution in [0.5, 0.6) is 5.75 Å². The number of nitrogens with one attached hydrogen (secondary N) is 1. The van der Waals surface area contributed by atoms with E-state index in [0.717, 1.165) is 36.8 Å². The van der Waals surface area contributed by atoms with Crippen LogP contribution in [0.3, 0.4) is 0 Å². The SMILES string of the molecule is COC(=O)C(C)(C)c1ccc(O[C@@H]2CC[C@@H](NC(=O)[C@@]3(F)CN(C(=O)OC(C)(C)C)C4(CCC4)C3)C2)c(-c2cccc(F)c2C2CCC2)c1. The van der Waals surface area contributed by atoms with Gasteiger partial charge in [0, 0.05) is 24.4 Å². The lowest BCUT2D eigenvalue weighted by Gasteiger charge is -2.45. The minimum Gasteiger partial charge on any atom is -0.490 e.